The summed E-state index contributed by atoms with van der Waals surface area (Å²) in [5, 5.41) is 17.6. The zero-order valence-corrected chi connectivity index (χ0v) is 20.7. The fraction of sp³-hybridized carbons (Fsp3) is 0.353. The highest BCUT2D eigenvalue weighted by Crippen LogP contribution is 2.34. The number of aromatic hydroxyl groups is 1. The van der Waals surface area contributed by atoms with Crippen LogP contribution in [0.25, 0.3) is 0 Å². The first-order valence-corrected chi connectivity index (χ1v) is 14.1. The van der Waals surface area contributed by atoms with E-state index in [1.54, 1.807) is 6.92 Å². The van der Waals surface area contributed by atoms with E-state index in [9.17, 15) is 48.8 Å². The van der Waals surface area contributed by atoms with Gasteiger partial charge in [0.05, 0.1) is 5.69 Å². The average molecular weight is 555 g/mol. The maximum atomic E-state index is 12.9. The SMILES string of the molecule is CCCCn1c(O)c(CS(=O)(=O)O)c(C)c(N=Nc2cc(S(=O)(=O)O)c(N)cc2S(=O)(=O)O)c1=O. The molecule has 2 aromatic rings. The molecule has 0 aliphatic carbocycles. The minimum atomic E-state index is -5.05. The van der Waals surface area contributed by atoms with E-state index < -0.39 is 74.4 Å². The van der Waals surface area contributed by atoms with Crippen LogP contribution in [0.5, 0.6) is 5.88 Å². The van der Waals surface area contributed by atoms with E-state index in [1.807, 2.05) is 0 Å². The Bertz CT molecular complexity index is 1580. The topological polar surface area (TPSA) is 256 Å². The molecule has 0 aliphatic rings. The number of aromatic nitrogens is 1. The Morgan fingerprint density at radius 2 is 1.54 bits per heavy atom. The van der Waals surface area contributed by atoms with Gasteiger partial charge in [-0.15, -0.1) is 10.2 Å². The van der Waals surface area contributed by atoms with Crippen LogP contribution in [0.15, 0.2) is 36.9 Å². The van der Waals surface area contributed by atoms with Crippen LogP contribution in [0, 0.1) is 6.92 Å². The van der Waals surface area contributed by atoms with E-state index in [4.69, 9.17) is 5.73 Å². The van der Waals surface area contributed by atoms with Crippen molar-refractivity contribution in [3.8, 4) is 5.88 Å². The Kier molecular flexibility index (Phi) is 8.09. The van der Waals surface area contributed by atoms with E-state index in [-0.39, 0.29) is 17.7 Å². The van der Waals surface area contributed by atoms with Crippen molar-refractivity contribution in [2.75, 3.05) is 5.73 Å². The molecule has 0 atom stereocenters. The van der Waals surface area contributed by atoms with Crippen molar-refractivity contribution in [2.24, 2.45) is 10.2 Å². The summed E-state index contributed by atoms with van der Waals surface area (Å²) in [5.41, 5.74) is 1.70. The number of anilines is 1. The van der Waals surface area contributed by atoms with E-state index in [0.29, 0.717) is 25.0 Å². The second-order valence-electron chi connectivity index (χ2n) is 7.32. The first-order valence-electron chi connectivity index (χ1n) is 9.59. The van der Waals surface area contributed by atoms with Gasteiger partial charge in [-0.3, -0.25) is 23.0 Å². The molecule has 35 heavy (non-hydrogen) atoms. The molecule has 1 aromatic carbocycles. The molecule has 0 amide bonds. The Hall–Kier alpha value is -2.90. The van der Waals surface area contributed by atoms with Gasteiger partial charge < -0.3 is 10.8 Å². The van der Waals surface area contributed by atoms with Crippen LogP contribution >= 0.6 is 0 Å². The number of rotatable bonds is 9. The van der Waals surface area contributed by atoms with Gasteiger partial charge in [-0.05, 0) is 31.0 Å². The summed E-state index contributed by atoms with van der Waals surface area (Å²) in [7, 11) is -14.7. The van der Waals surface area contributed by atoms with Crippen LogP contribution in [0.2, 0.25) is 0 Å². The van der Waals surface area contributed by atoms with E-state index in [1.165, 1.54) is 6.92 Å². The molecule has 0 bridgehead atoms. The predicted octanol–water partition coefficient (Wildman–Crippen LogP) is 1.54. The summed E-state index contributed by atoms with van der Waals surface area (Å²) in [5.74, 6) is -1.83. The summed E-state index contributed by atoms with van der Waals surface area (Å²) in [6, 6.07) is 0.988. The van der Waals surface area contributed by atoms with Crippen molar-refractivity contribution >= 4 is 47.4 Å². The average Bonchev–Trinajstić information content (AvgIpc) is 2.69. The molecular weight excluding hydrogens is 532 g/mol. The number of pyridine rings is 1. The lowest BCUT2D eigenvalue weighted by molar-refractivity contribution is 0.394. The van der Waals surface area contributed by atoms with Gasteiger partial charge in [-0.1, -0.05) is 13.3 Å². The number of benzene rings is 1. The number of hydrogen-bond acceptors (Lipinski definition) is 11. The summed E-state index contributed by atoms with van der Waals surface area (Å²) >= 11 is 0. The van der Waals surface area contributed by atoms with Crippen molar-refractivity contribution in [3.05, 3.63) is 33.6 Å². The molecular formula is C17H22N4O11S3. The molecule has 15 nitrogen and oxygen atoms in total. The second kappa shape index (κ2) is 9.99. The Balaban J connectivity index is 2.88. The number of nitrogens with two attached hydrogens (primary N) is 1. The number of unbranched alkanes of at least 4 members (excludes halogenated alkanes) is 1. The standard InChI is InChI=1S/C17H22N4O11S3/c1-3-4-5-21-16(22)10(8-33(24,25)26)9(2)15(17(21)23)20-19-12-7-13(34(27,28)29)11(18)6-14(12)35(30,31)32/h6-7,22H,3-5,8,18H2,1-2H3,(H,24,25,26)(H,27,28,29)(H,30,31,32). The summed E-state index contributed by atoms with van der Waals surface area (Å²) in [6.45, 7) is 2.88. The fourth-order valence-corrected chi connectivity index (χ4v) is 5.00. The lowest BCUT2D eigenvalue weighted by Crippen LogP contribution is -2.23. The summed E-state index contributed by atoms with van der Waals surface area (Å²) in [6.07, 6.45) is 0.951. The lowest BCUT2D eigenvalue weighted by atomic mass is 10.1. The van der Waals surface area contributed by atoms with Gasteiger partial charge in [0, 0.05) is 12.1 Å². The van der Waals surface area contributed by atoms with Crippen LogP contribution in [0.1, 0.15) is 30.9 Å². The van der Waals surface area contributed by atoms with Crippen molar-refractivity contribution in [1.29, 1.82) is 0 Å². The van der Waals surface area contributed by atoms with Crippen LogP contribution < -0.4 is 11.3 Å². The predicted molar refractivity (Wildman–Crippen MR) is 122 cm³/mol. The maximum Gasteiger partial charge on any atom is 0.296 e. The van der Waals surface area contributed by atoms with Crippen LogP contribution in [-0.4, -0.2) is 48.6 Å². The molecule has 1 aromatic heterocycles. The van der Waals surface area contributed by atoms with Crippen molar-refractivity contribution < 1.29 is 44.0 Å². The van der Waals surface area contributed by atoms with Gasteiger partial charge in [0.25, 0.3) is 35.9 Å². The summed E-state index contributed by atoms with van der Waals surface area (Å²) < 4.78 is 98.2. The minimum absolute atomic E-state index is 0.0759. The molecule has 18 heteroatoms. The van der Waals surface area contributed by atoms with Crippen molar-refractivity contribution in [1.82, 2.24) is 4.57 Å². The van der Waals surface area contributed by atoms with Gasteiger partial charge in [-0.2, -0.15) is 25.3 Å². The quantitative estimate of drug-likeness (QED) is 0.168. The van der Waals surface area contributed by atoms with Gasteiger partial charge in [0.2, 0.25) is 0 Å². The van der Waals surface area contributed by atoms with Gasteiger partial charge >= 0.3 is 0 Å². The highest BCUT2D eigenvalue weighted by Gasteiger charge is 2.25. The van der Waals surface area contributed by atoms with Crippen LogP contribution in [0.4, 0.5) is 17.1 Å². The largest absolute Gasteiger partial charge is 0.494 e. The molecule has 0 unspecified atom stereocenters. The third-order valence-electron chi connectivity index (χ3n) is 4.75. The molecule has 0 saturated carbocycles. The third kappa shape index (κ3) is 6.61. The molecule has 0 fully saturated rings. The van der Waals surface area contributed by atoms with E-state index >= 15 is 0 Å². The third-order valence-corrected chi connectivity index (χ3v) is 7.19. The van der Waals surface area contributed by atoms with E-state index in [0.717, 1.165) is 4.57 Å². The zero-order chi connectivity index (χ0) is 26.9. The molecule has 6 N–H and O–H groups in total. The lowest BCUT2D eigenvalue weighted by Gasteiger charge is -2.15. The Labute approximate surface area is 200 Å². The zero-order valence-electron chi connectivity index (χ0n) is 18.3. The smallest absolute Gasteiger partial charge is 0.296 e. The monoisotopic (exact) mass is 554 g/mol. The summed E-state index contributed by atoms with van der Waals surface area (Å²) in [4.78, 5) is 11.0. The normalized spacial score (nSPS) is 12.9. The molecule has 194 valence electrons. The van der Waals surface area contributed by atoms with Crippen molar-refractivity contribution in [2.45, 2.75) is 48.8 Å². The molecule has 0 spiro atoms. The Morgan fingerprint density at radius 1 is 0.971 bits per heavy atom. The Morgan fingerprint density at radius 3 is 2.03 bits per heavy atom. The van der Waals surface area contributed by atoms with Gasteiger partial charge in [0.15, 0.2) is 11.6 Å². The van der Waals surface area contributed by atoms with Crippen molar-refractivity contribution in [3.63, 3.8) is 0 Å². The molecule has 0 aliphatic heterocycles. The maximum absolute atomic E-state index is 12.9. The molecule has 0 radical (unpaired) electrons. The van der Waals surface area contributed by atoms with E-state index in [2.05, 4.69) is 10.2 Å². The fourth-order valence-electron chi connectivity index (χ4n) is 3.03. The second-order valence-corrected chi connectivity index (χ2v) is 11.6. The number of hydrogen-bond donors (Lipinski definition) is 5. The number of nitrogens with zero attached hydrogens (tertiary/aromatic N) is 3. The molecule has 0 saturated heterocycles. The molecule has 1 heterocycles. The first-order chi connectivity index (χ1) is 15.9. The van der Waals surface area contributed by atoms with Crippen LogP contribution in [0.3, 0.4) is 0 Å². The number of nitrogen functional groups attached to an aromatic ring is 1. The minimum Gasteiger partial charge on any atom is -0.494 e. The highest BCUT2D eigenvalue weighted by atomic mass is 32.2. The first kappa shape index (κ1) is 28.3. The van der Waals surface area contributed by atoms with Gasteiger partial charge in [0.1, 0.15) is 21.2 Å². The number of azo groups is 1. The highest BCUT2D eigenvalue weighted by molar-refractivity contribution is 7.86. The van der Waals surface area contributed by atoms with Gasteiger partial charge in [-0.25, -0.2) is 0 Å². The van der Waals surface area contributed by atoms with Crippen LogP contribution in [-0.2, 0) is 42.7 Å². The molecule has 2 rings (SSSR count).